The maximum Gasteiger partial charge on any atom is 0.253 e. The van der Waals surface area contributed by atoms with Gasteiger partial charge in [-0.1, -0.05) is 26.2 Å². The number of hydrogen-bond donors (Lipinski definition) is 1. The predicted molar refractivity (Wildman–Crippen MR) is 131 cm³/mol. The van der Waals surface area contributed by atoms with Gasteiger partial charge in [-0.2, -0.15) is 0 Å². The second-order valence-electron chi connectivity index (χ2n) is 9.90. The molecule has 1 aliphatic carbocycles. The van der Waals surface area contributed by atoms with Crippen LogP contribution in [-0.2, 0) is 0 Å². The summed E-state index contributed by atoms with van der Waals surface area (Å²) in [6.07, 6.45) is 6.93. The molecule has 1 unspecified atom stereocenters. The molecule has 186 valence electrons. The first-order chi connectivity index (χ1) is 17.2. The number of H-pyrrole nitrogens is 1. The monoisotopic (exact) mass is 479 g/mol. The highest BCUT2D eigenvalue weighted by atomic mass is 16.7. The lowest BCUT2D eigenvalue weighted by Crippen LogP contribution is -2.49. The van der Waals surface area contributed by atoms with E-state index in [0.29, 0.717) is 17.1 Å². The minimum absolute atomic E-state index is 0.115. The molecule has 2 fully saturated rings. The van der Waals surface area contributed by atoms with Crippen LogP contribution in [0, 0.1) is 0 Å². The van der Waals surface area contributed by atoms with Gasteiger partial charge in [0.05, 0.1) is 11.6 Å². The minimum atomic E-state index is -0.311. The van der Waals surface area contributed by atoms with Crippen LogP contribution in [0.15, 0.2) is 23.0 Å². The Labute approximate surface area is 204 Å². The number of hydrogen-bond acceptors (Lipinski definition) is 8. The van der Waals surface area contributed by atoms with Crippen LogP contribution >= 0.6 is 0 Å². The molecule has 10 nitrogen and oxygen atoms in total. The Morgan fingerprint density at radius 1 is 1.06 bits per heavy atom. The normalized spacial score (nSPS) is 20.5. The number of aromatic nitrogens is 5. The number of rotatable bonds is 6. The van der Waals surface area contributed by atoms with Gasteiger partial charge in [0.2, 0.25) is 6.79 Å². The molecular weight excluding hydrogens is 446 g/mol. The Morgan fingerprint density at radius 3 is 2.60 bits per heavy atom. The van der Waals surface area contributed by atoms with E-state index in [1.807, 2.05) is 22.9 Å². The second-order valence-corrected chi connectivity index (χ2v) is 9.90. The van der Waals surface area contributed by atoms with Crippen molar-refractivity contribution in [1.82, 2.24) is 35.0 Å². The topological polar surface area (TPSA) is 101 Å². The molecule has 1 saturated carbocycles. The van der Waals surface area contributed by atoms with Gasteiger partial charge in [-0.3, -0.25) is 9.69 Å². The van der Waals surface area contributed by atoms with Crippen LogP contribution in [0.4, 0.5) is 0 Å². The van der Waals surface area contributed by atoms with Crippen LogP contribution in [0.25, 0.3) is 10.9 Å². The largest absolute Gasteiger partial charge is 0.454 e. The van der Waals surface area contributed by atoms with E-state index in [4.69, 9.17) is 9.47 Å². The molecule has 35 heavy (non-hydrogen) atoms. The van der Waals surface area contributed by atoms with Crippen LogP contribution in [0.3, 0.4) is 0 Å². The molecule has 4 heterocycles. The summed E-state index contributed by atoms with van der Waals surface area (Å²) in [5.74, 6) is 2.13. The van der Waals surface area contributed by atoms with Gasteiger partial charge in [0, 0.05) is 43.2 Å². The third-order valence-corrected chi connectivity index (χ3v) is 7.66. The van der Waals surface area contributed by atoms with Gasteiger partial charge in [0.15, 0.2) is 17.3 Å². The lowest BCUT2D eigenvalue weighted by atomic mass is 9.95. The van der Waals surface area contributed by atoms with Crippen molar-refractivity contribution in [2.45, 2.75) is 57.5 Å². The molecule has 3 aliphatic rings. The third kappa shape index (κ3) is 4.29. The van der Waals surface area contributed by atoms with Crippen molar-refractivity contribution >= 4 is 10.9 Å². The van der Waals surface area contributed by atoms with Gasteiger partial charge >= 0.3 is 0 Å². The molecule has 3 aromatic rings. The fourth-order valence-electron chi connectivity index (χ4n) is 5.84. The summed E-state index contributed by atoms with van der Waals surface area (Å²) in [5, 5.41) is 14.0. The lowest BCUT2D eigenvalue weighted by Gasteiger charge is -2.39. The minimum Gasteiger partial charge on any atom is -0.454 e. The quantitative estimate of drug-likeness (QED) is 0.576. The highest BCUT2D eigenvalue weighted by molar-refractivity contribution is 5.83. The van der Waals surface area contributed by atoms with Crippen LogP contribution in [-0.4, -0.2) is 74.5 Å². The summed E-state index contributed by atoms with van der Waals surface area (Å²) in [6.45, 7) is 7.18. The van der Waals surface area contributed by atoms with Crippen LogP contribution in [0.2, 0.25) is 0 Å². The maximum absolute atomic E-state index is 13.5. The average molecular weight is 480 g/mol. The number of nitrogens with zero attached hydrogens (tertiary/aromatic N) is 6. The zero-order valence-corrected chi connectivity index (χ0v) is 20.3. The molecule has 1 saturated heterocycles. The molecule has 10 heteroatoms. The SMILES string of the molecule is CCCN1CCN(C(c2cc3cc4c(cc3[nH]c2=O)OCO4)c2nnnn2C2CCCCC2)CC1. The zero-order chi connectivity index (χ0) is 23.8. The Hall–Kier alpha value is -2.98. The Bertz CT molecular complexity index is 1240. The summed E-state index contributed by atoms with van der Waals surface area (Å²) >= 11 is 0. The summed E-state index contributed by atoms with van der Waals surface area (Å²) < 4.78 is 13.1. The van der Waals surface area contributed by atoms with Crippen molar-refractivity contribution in [3.8, 4) is 11.5 Å². The first kappa shape index (κ1) is 22.5. The second kappa shape index (κ2) is 9.58. The average Bonchev–Trinajstić information content (AvgIpc) is 3.54. The van der Waals surface area contributed by atoms with Crippen molar-refractivity contribution < 1.29 is 9.47 Å². The summed E-state index contributed by atoms with van der Waals surface area (Å²) in [6, 6.07) is 5.74. The van der Waals surface area contributed by atoms with E-state index in [1.54, 1.807) is 0 Å². The van der Waals surface area contributed by atoms with Crippen LogP contribution < -0.4 is 15.0 Å². The van der Waals surface area contributed by atoms with Crippen molar-refractivity contribution in [2.75, 3.05) is 39.5 Å². The smallest absolute Gasteiger partial charge is 0.253 e. The molecule has 0 bridgehead atoms. The molecule has 6 rings (SSSR count). The van der Waals surface area contributed by atoms with E-state index < -0.39 is 0 Å². The summed E-state index contributed by atoms with van der Waals surface area (Å²) in [5.41, 5.74) is 1.30. The fourth-order valence-corrected chi connectivity index (χ4v) is 5.84. The number of nitrogens with one attached hydrogen (secondary N) is 1. The molecule has 2 aromatic heterocycles. The number of ether oxygens (including phenoxy) is 2. The third-order valence-electron chi connectivity index (χ3n) is 7.66. The van der Waals surface area contributed by atoms with Crippen LogP contribution in [0.1, 0.15) is 68.9 Å². The van der Waals surface area contributed by atoms with Crippen molar-refractivity contribution in [1.29, 1.82) is 0 Å². The van der Waals surface area contributed by atoms with E-state index in [2.05, 4.69) is 37.2 Å². The molecule has 2 aliphatic heterocycles. The Morgan fingerprint density at radius 2 is 1.83 bits per heavy atom. The number of benzene rings is 1. The molecule has 1 aromatic carbocycles. The Balaban J connectivity index is 1.43. The zero-order valence-electron chi connectivity index (χ0n) is 20.3. The standard InChI is InChI=1S/C25H33N7O3/c1-2-8-30-9-11-31(12-10-30)23(24-27-28-29-32(24)18-6-4-3-5-7-18)19-13-17-14-21-22(35-16-34-21)15-20(17)26-25(19)33/h13-15,18,23H,2-12,16H2,1H3,(H,26,33). The summed E-state index contributed by atoms with van der Waals surface area (Å²) in [7, 11) is 0. The number of piperazine rings is 1. The number of aromatic amines is 1. The van der Waals surface area contributed by atoms with E-state index in [1.165, 1.54) is 19.3 Å². The van der Waals surface area contributed by atoms with E-state index >= 15 is 0 Å². The lowest BCUT2D eigenvalue weighted by molar-refractivity contribution is 0.103. The molecule has 1 atom stereocenters. The first-order valence-electron chi connectivity index (χ1n) is 12.9. The summed E-state index contributed by atoms with van der Waals surface area (Å²) in [4.78, 5) is 21.5. The number of tetrazole rings is 1. The van der Waals surface area contributed by atoms with Crippen LogP contribution in [0.5, 0.6) is 11.5 Å². The fraction of sp³-hybridized carbons (Fsp3) is 0.600. The van der Waals surface area contributed by atoms with Gasteiger partial charge in [-0.25, -0.2) is 4.68 Å². The highest BCUT2D eigenvalue weighted by Gasteiger charge is 2.34. The number of fused-ring (bicyclic) bond motifs is 2. The first-order valence-corrected chi connectivity index (χ1v) is 12.9. The molecular formula is C25H33N7O3. The number of pyridine rings is 1. The van der Waals surface area contributed by atoms with E-state index in [-0.39, 0.29) is 24.4 Å². The predicted octanol–water partition coefficient (Wildman–Crippen LogP) is 2.87. The van der Waals surface area contributed by atoms with Crippen molar-refractivity contribution in [2.24, 2.45) is 0 Å². The maximum atomic E-state index is 13.5. The molecule has 0 amide bonds. The van der Waals surface area contributed by atoms with Gasteiger partial charge in [0.25, 0.3) is 5.56 Å². The highest BCUT2D eigenvalue weighted by Crippen LogP contribution is 2.37. The molecule has 1 N–H and O–H groups in total. The van der Waals surface area contributed by atoms with Crippen molar-refractivity contribution in [3.05, 3.63) is 39.9 Å². The van der Waals surface area contributed by atoms with Gasteiger partial charge < -0.3 is 19.4 Å². The molecule has 0 radical (unpaired) electrons. The van der Waals surface area contributed by atoms with Gasteiger partial charge in [0.1, 0.15) is 6.04 Å². The van der Waals surface area contributed by atoms with Crippen molar-refractivity contribution in [3.63, 3.8) is 0 Å². The van der Waals surface area contributed by atoms with Gasteiger partial charge in [-0.05, 0) is 48.4 Å². The van der Waals surface area contributed by atoms with Gasteiger partial charge in [-0.15, -0.1) is 5.10 Å². The Kier molecular flexibility index (Phi) is 6.15. The van der Waals surface area contributed by atoms with E-state index in [0.717, 1.165) is 68.7 Å². The van der Waals surface area contributed by atoms with E-state index in [9.17, 15) is 4.79 Å². The molecule has 0 spiro atoms.